The molecule has 0 aromatic carbocycles. The van der Waals surface area contributed by atoms with E-state index in [1.807, 2.05) is 6.08 Å². The summed E-state index contributed by atoms with van der Waals surface area (Å²) in [6.07, 6.45) is 5.94. The van der Waals surface area contributed by atoms with Crippen molar-refractivity contribution in [3.05, 3.63) is 11.6 Å². The van der Waals surface area contributed by atoms with E-state index in [1.165, 1.54) is 24.8 Å². The molecular formula is C11H14O. The lowest BCUT2D eigenvalue weighted by Crippen LogP contribution is -2.23. The highest BCUT2D eigenvalue weighted by molar-refractivity contribution is 5.96. The smallest absolute Gasteiger partial charge is 0.159 e. The van der Waals surface area contributed by atoms with Crippen LogP contribution in [0.15, 0.2) is 11.6 Å². The molecule has 0 N–H and O–H groups in total. The number of ketones is 1. The van der Waals surface area contributed by atoms with Crippen molar-refractivity contribution in [3.8, 4) is 0 Å². The highest BCUT2D eigenvalue weighted by Crippen LogP contribution is 2.57. The van der Waals surface area contributed by atoms with Crippen molar-refractivity contribution >= 4 is 5.78 Å². The fourth-order valence-corrected chi connectivity index (χ4v) is 3.77. The summed E-state index contributed by atoms with van der Waals surface area (Å²) < 4.78 is 0. The first-order valence-corrected chi connectivity index (χ1v) is 4.99. The number of fused-ring (bicyclic) bond motifs is 5. The van der Waals surface area contributed by atoms with Gasteiger partial charge in [0, 0.05) is 5.92 Å². The van der Waals surface area contributed by atoms with Gasteiger partial charge in [0.1, 0.15) is 0 Å². The van der Waals surface area contributed by atoms with Gasteiger partial charge in [-0.25, -0.2) is 0 Å². The van der Waals surface area contributed by atoms with E-state index in [0.29, 0.717) is 17.6 Å². The van der Waals surface area contributed by atoms with Gasteiger partial charge in [-0.1, -0.05) is 5.57 Å². The van der Waals surface area contributed by atoms with Crippen LogP contribution in [-0.2, 0) is 4.79 Å². The first-order valence-electron chi connectivity index (χ1n) is 4.99. The maximum atomic E-state index is 11.6. The number of hydrogen-bond acceptors (Lipinski definition) is 1. The number of carbonyl (C=O) groups is 1. The zero-order valence-electron chi connectivity index (χ0n) is 7.42. The van der Waals surface area contributed by atoms with Crippen LogP contribution in [0.5, 0.6) is 0 Å². The highest BCUT2D eigenvalue weighted by Gasteiger charge is 2.52. The molecule has 4 atom stereocenters. The molecule has 0 aromatic heterocycles. The van der Waals surface area contributed by atoms with Gasteiger partial charge in [0.05, 0.1) is 0 Å². The van der Waals surface area contributed by atoms with Crippen molar-refractivity contribution in [1.82, 2.24) is 0 Å². The fraction of sp³-hybridized carbons (Fsp3) is 0.727. The SMILES string of the molecule is CC1=CC(=O)C2C3CCC(C3)C12. The van der Waals surface area contributed by atoms with Gasteiger partial charge in [-0.15, -0.1) is 0 Å². The molecule has 0 saturated heterocycles. The molecule has 0 aromatic rings. The Morgan fingerprint density at radius 3 is 2.58 bits per heavy atom. The Balaban J connectivity index is 2.03. The summed E-state index contributed by atoms with van der Waals surface area (Å²) in [5, 5.41) is 0. The van der Waals surface area contributed by atoms with Gasteiger partial charge in [0.2, 0.25) is 0 Å². The molecule has 4 unspecified atom stereocenters. The van der Waals surface area contributed by atoms with Gasteiger partial charge in [0.25, 0.3) is 0 Å². The topological polar surface area (TPSA) is 17.1 Å². The van der Waals surface area contributed by atoms with Crippen LogP contribution in [0.4, 0.5) is 0 Å². The summed E-state index contributed by atoms with van der Waals surface area (Å²) in [7, 11) is 0. The Kier molecular flexibility index (Phi) is 1.15. The van der Waals surface area contributed by atoms with Gasteiger partial charge in [-0.2, -0.15) is 0 Å². The molecule has 2 saturated carbocycles. The number of carbonyl (C=O) groups excluding carboxylic acids is 1. The van der Waals surface area contributed by atoms with E-state index in [2.05, 4.69) is 6.92 Å². The first-order chi connectivity index (χ1) is 5.77. The van der Waals surface area contributed by atoms with Crippen LogP contribution in [0, 0.1) is 23.7 Å². The van der Waals surface area contributed by atoms with Crippen molar-refractivity contribution in [2.24, 2.45) is 23.7 Å². The second-order valence-corrected chi connectivity index (χ2v) is 4.68. The molecule has 12 heavy (non-hydrogen) atoms. The minimum atomic E-state index is 0.420. The summed E-state index contributed by atoms with van der Waals surface area (Å²) in [5.41, 5.74) is 1.37. The third-order valence-corrected chi connectivity index (χ3v) is 4.14. The Morgan fingerprint density at radius 2 is 1.92 bits per heavy atom. The van der Waals surface area contributed by atoms with E-state index in [9.17, 15) is 4.79 Å². The van der Waals surface area contributed by atoms with E-state index in [1.54, 1.807) is 0 Å². The Labute approximate surface area is 72.8 Å². The minimum absolute atomic E-state index is 0.420. The molecule has 0 radical (unpaired) electrons. The third-order valence-electron chi connectivity index (χ3n) is 4.14. The van der Waals surface area contributed by atoms with Crippen LogP contribution in [0.3, 0.4) is 0 Å². The second-order valence-electron chi connectivity index (χ2n) is 4.68. The van der Waals surface area contributed by atoms with Crippen molar-refractivity contribution in [2.75, 3.05) is 0 Å². The molecular weight excluding hydrogens is 148 g/mol. The van der Waals surface area contributed by atoms with E-state index in [0.717, 1.165) is 11.8 Å². The predicted molar refractivity (Wildman–Crippen MR) is 46.6 cm³/mol. The molecule has 2 fully saturated rings. The van der Waals surface area contributed by atoms with E-state index >= 15 is 0 Å². The zero-order valence-corrected chi connectivity index (χ0v) is 7.42. The van der Waals surface area contributed by atoms with Crippen molar-refractivity contribution in [1.29, 1.82) is 0 Å². The van der Waals surface area contributed by atoms with Gasteiger partial charge in [-0.05, 0) is 50.0 Å². The molecule has 0 heterocycles. The quantitative estimate of drug-likeness (QED) is 0.533. The second kappa shape index (κ2) is 2.01. The van der Waals surface area contributed by atoms with Crippen LogP contribution in [0.2, 0.25) is 0 Å². The van der Waals surface area contributed by atoms with Crippen LogP contribution in [0.1, 0.15) is 26.2 Å². The average Bonchev–Trinajstić information content (AvgIpc) is 2.64. The lowest BCUT2D eigenvalue weighted by atomic mass is 9.79. The van der Waals surface area contributed by atoms with Crippen LogP contribution >= 0.6 is 0 Å². The molecule has 0 spiro atoms. The summed E-state index contributed by atoms with van der Waals surface area (Å²) >= 11 is 0. The zero-order chi connectivity index (χ0) is 8.29. The Hall–Kier alpha value is -0.590. The molecule has 2 bridgehead atoms. The lowest BCUT2D eigenvalue weighted by Gasteiger charge is -2.24. The van der Waals surface area contributed by atoms with Crippen molar-refractivity contribution in [2.45, 2.75) is 26.2 Å². The van der Waals surface area contributed by atoms with Gasteiger partial charge in [-0.3, -0.25) is 4.79 Å². The Bertz CT molecular complexity index is 277. The average molecular weight is 162 g/mol. The summed E-state index contributed by atoms with van der Waals surface area (Å²) in [6.45, 7) is 2.14. The monoisotopic (exact) mass is 162 g/mol. The van der Waals surface area contributed by atoms with Crippen LogP contribution in [0.25, 0.3) is 0 Å². The molecule has 3 aliphatic rings. The largest absolute Gasteiger partial charge is 0.295 e. The molecule has 3 rings (SSSR count). The maximum Gasteiger partial charge on any atom is 0.159 e. The Morgan fingerprint density at radius 1 is 1.25 bits per heavy atom. The maximum absolute atomic E-state index is 11.6. The number of allylic oxidation sites excluding steroid dienone is 2. The summed E-state index contributed by atoms with van der Waals surface area (Å²) in [6, 6.07) is 0. The van der Waals surface area contributed by atoms with Gasteiger partial charge < -0.3 is 0 Å². The van der Waals surface area contributed by atoms with E-state index in [4.69, 9.17) is 0 Å². The van der Waals surface area contributed by atoms with E-state index in [-0.39, 0.29) is 0 Å². The van der Waals surface area contributed by atoms with Gasteiger partial charge in [0.15, 0.2) is 5.78 Å². The fourth-order valence-electron chi connectivity index (χ4n) is 3.77. The molecule has 3 aliphatic carbocycles. The molecule has 0 amide bonds. The van der Waals surface area contributed by atoms with Crippen molar-refractivity contribution < 1.29 is 4.79 Å². The van der Waals surface area contributed by atoms with Crippen LogP contribution < -0.4 is 0 Å². The highest BCUT2D eigenvalue weighted by atomic mass is 16.1. The van der Waals surface area contributed by atoms with Crippen LogP contribution in [-0.4, -0.2) is 5.78 Å². The predicted octanol–water partition coefficient (Wildman–Crippen LogP) is 2.18. The van der Waals surface area contributed by atoms with E-state index < -0.39 is 0 Å². The molecule has 1 nitrogen and oxygen atoms in total. The third kappa shape index (κ3) is 0.634. The van der Waals surface area contributed by atoms with Crippen molar-refractivity contribution in [3.63, 3.8) is 0 Å². The van der Waals surface area contributed by atoms with Gasteiger partial charge >= 0.3 is 0 Å². The minimum Gasteiger partial charge on any atom is -0.295 e. The lowest BCUT2D eigenvalue weighted by molar-refractivity contribution is -0.119. The summed E-state index contributed by atoms with van der Waals surface area (Å²) in [5.74, 6) is 3.13. The number of hydrogen-bond donors (Lipinski definition) is 0. The standard InChI is InChI=1S/C11H14O/c1-6-4-9(12)11-8-3-2-7(5-8)10(6)11/h4,7-8,10-11H,2-3,5H2,1H3. The molecule has 64 valence electrons. The summed E-state index contributed by atoms with van der Waals surface area (Å²) in [4.78, 5) is 11.6. The molecule has 1 heteroatoms. The molecule has 0 aliphatic heterocycles. The number of rotatable bonds is 0. The normalized spacial score (nSPS) is 49.8. The first kappa shape index (κ1) is 6.88.